The predicted octanol–water partition coefficient (Wildman–Crippen LogP) is 2.05. The number of carbonyl (C=O) groups is 3. The highest BCUT2D eigenvalue weighted by Gasteiger charge is 2.25. The number of unbranched alkanes of at least 4 members (excludes halogenated alkanes) is 1. The Balaban J connectivity index is 2.30. The molecular weight excluding hydrogens is 300 g/mol. The van der Waals surface area contributed by atoms with Crippen LogP contribution in [0.2, 0.25) is 0 Å². The second-order valence-electron chi connectivity index (χ2n) is 6.04. The van der Waals surface area contributed by atoms with E-state index in [1.807, 2.05) is 6.92 Å². The van der Waals surface area contributed by atoms with Crippen molar-refractivity contribution in [2.24, 2.45) is 5.92 Å². The lowest BCUT2D eigenvalue weighted by molar-refractivity contribution is -0.142. The SMILES string of the molecule is CCCCOC(=O)NCC(=O)N[C@@H](CC1CCCCC1)C(=O)O. The number of carboxylic acid groups (broad SMARTS) is 1. The van der Waals surface area contributed by atoms with E-state index in [2.05, 4.69) is 10.6 Å². The molecule has 0 bridgehead atoms. The number of ether oxygens (including phenoxy) is 1. The molecule has 1 aliphatic carbocycles. The maximum Gasteiger partial charge on any atom is 0.407 e. The van der Waals surface area contributed by atoms with Gasteiger partial charge in [0.25, 0.3) is 0 Å². The molecule has 0 saturated heterocycles. The molecule has 1 atom stereocenters. The van der Waals surface area contributed by atoms with E-state index < -0.39 is 24.0 Å². The van der Waals surface area contributed by atoms with Crippen LogP contribution in [0.3, 0.4) is 0 Å². The smallest absolute Gasteiger partial charge is 0.407 e. The van der Waals surface area contributed by atoms with Crippen LogP contribution in [0.5, 0.6) is 0 Å². The van der Waals surface area contributed by atoms with Gasteiger partial charge in [0, 0.05) is 0 Å². The van der Waals surface area contributed by atoms with Crippen LogP contribution in [0.4, 0.5) is 4.79 Å². The van der Waals surface area contributed by atoms with Crippen molar-refractivity contribution < 1.29 is 24.2 Å². The minimum atomic E-state index is -1.03. The predicted molar refractivity (Wildman–Crippen MR) is 85.0 cm³/mol. The first-order valence-corrected chi connectivity index (χ1v) is 8.45. The zero-order chi connectivity index (χ0) is 17.1. The molecule has 1 aliphatic rings. The highest BCUT2D eigenvalue weighted by Crippen LogP contribution is 2.27. The summed E-state index contributed by atoms with van der Waals surface area (Å²) in [6.07, 6.45) is 6.94. The molecule has 0 spiro atoms. The maximum atomic E-state index is 11.8. The van der Waals surface area contributed by atoms with Gasteiger partial charge in [0.15, 0.2) is 0 Å². The molecule has 0 heterocycles. The average Bonchev–Trinajstić information content (AvgIpc) is 2.53. The zero-order valence-electron chi connectivity index (χ0n) is 13.8. The third kappa shape index (κ3) is 8.42. The molecule has 7 heteroatoms. The minimum absolute atomic E-state index is 0.278. The molecule has 1 fully saturated rings. The number of rotatable bonds is 9. The molecule has 3 N–H and O–H groups in total. The lowest BCUT2D eigenvalue weighted by atomic mass is 9.85. The summed E-state index contributed by atoms with van der Waals surface area (Å²) in [7, 11) is 0. The molecule has 0 radical (unpaired) electrons. The van der Waals surface area contributed by atoms with Crippen LogP contribution in [0.25, 0.3) is 0 Å². The fraction of sp³-hybridized carbons (Fsp3) is 0.812. The van der Waals surface area contributed by atoms with Crippen LogP contribution < -0.4 is 10.6 Å². The van der Waals surface area contributed by atoms with Gasteiger partial charge in [-0.05, 0) is 18.8 Å². The Morgan fingerprint density at radius 1 is 1.22 bits per heavy atom. The van der Waals surface area contributed by atoms with E-state index in [0.717, 1.165) is 38.5 Å². The normalized spacial score (nSPS) is 16.4. The van der Waals surface area contributed by atoms with Crippen LogP contribution in [0.15, 0.2) is 0 Å². The largest absolute Gasteiger partial charge is 0.480 e. The molecule has 23 heavy (non-hydrogen) atoms. The summed E-state index contributed by atoms with van der Waals surface area (Å²) in [6, 6.07) is -0.900. The number of amides is 2. The van der Waals surface area contributed by atoms with Crippen molar-refractivity contribution in [2.45, 2.75) is 64.3 Å². The number of alkyl carbamates (subject to hydrolysis) is 1. The van der Waals surface area contributed by atoms with Crippen molar-refractivity contribution in [1.82, 2.24) is 10.6 Å². The maximum absolute atomic E-state index is 11.8. The molecule has 0 aromatic carbocycles. The Bertz CT molecular complexity index is 394. The van der Waals surface area contributed by atoms with Crippen LogP contribution in [-0.2, 0) is 14.3 Å². The highest BCUT2D eigenvalue weighted by molar-refractivity contribution is 5.86. The fourth-order valence-corrected chi connectivity index (χ4v) is 2.74. The highest BCUT2D eigenvalue weighted by atomic mass is 16.5. The summed E-state index contributed by atoms with van der Waals surface area (Å²) in [6.45, 7) is 2.01. The van der Waals surface area contributed by atoms with Gasteiger partial charge in [-0.15, -0.1) is 0 Å². The molecule has 1 saturated carbocycles. The Kier molecular flexibility index (Phi) is 9.09. The van der Waals surface area contributed by atoms with E-state index in [1.165, 1.54) is 6.42 Å². The van der Waals surface area contributed by atoms with Gasteiger partial charge in [-0.2, -0.15) is 0 Å². The molecule has 132 valence electrons. The molecule has 2 amide bonds. The Morgan fingerprint density at radius 2 is 1.91 bits per heavy atom. The summed E-state index contributed by atoms with van der Waals surface area (Å²) >= 11 is 0. The van der Waals surface area contributed by atoms with Crippen molar-refractivity contribution in [1.29, 1.82) is 0 Å². The molecule has 1 rings (SSSR count). The van der Waals surface area contributed by atoms with Gasteiger partial charge in [-0.1, -0.05) is 45.4 Å². The van der Waals surface area contributed by atoms with Crippen molar-refractivity contribution in [3.63, 3.8) is 0 Å². The van der Waals surface area contributed by atoms with E-state index in [-0.39, 0.29) is 6.54 Å². The van der Waals surface area contributed by atoms with E-state index in [9.17, 15) is 19.5 Å². The van der Waals surface area contributed by atoms with Gasteiger partial charge >= 0.3 is 12.1 Å². The van der Waals surface area contributed by atoms with Crippen LogP contribution in [-0.4, -0.2) is 42.3 Å². The number of hydrogen-bond acceptors (Lipinski definition) is 4. The van der Waals surface area contributed by atoms with E-state index in [1.54, 1.807) is 0 Å². The summed E-state index contributed by atoms with van der Waals surface area (Å²) < 4.78 is 4.86. The monoisotopic (exact) mass is 328 g/mol. The first-order valence-electron chi connectivity index (χ1n) is 8.45. The third-order valence-electron chi connectivity index (χ3n) is 4.05. The number of hydrogen-bond donors (Lipinski definition) is 3. The van der Waals surface area contributed by atoms with Gasteiger partial charge in [0.2, 0.25) is 5.91 Å². The van der Waals surface area contributed by atoms with Gasteiger partial charge in [0.1, 0.15) is 12.6 Å². The average molecular weight is 328 g/mol. The molecule has 0 aromatic rings. The molecular formula is C16H28N2O5. The van der Waals surface area contributed by atoms with Crippen molar-refractivity contribution >= 4 is 18.0 Å². The lowest BCUT2D eigenvalue weighted by Crippen LogP contribution is -2.46. The quantitative estimate of drug-likeness (QED) is 0.562. The summed E-state index contributed by atoms with van der Waals surface area (Å²) in [5.74, 6) is -1.20. The second kappa shape index (κ2) is 10.9. The summed E-state index contributed by atoms with van der Waals surface area (Å²) in [5, 5.41) is 14.0. The molecule has 0 unspecified atom stereocenters. The number of aliphatic carboxylic acids is 1. The topological polar surface area (TPSA) is 105 Å². The first-order chi connectivity index (χ1) is 11.0. The molecule has 7 nitrogen and oxygen atoms in total. The van der Waals surface area contributed by atoms with Gasteiger partial charge < -0.3 is 20.5 Å². The Hall–Kier alpha value is -1.79. The summed E-state index contributed by atoms with van der Waals surface area (Å²) in [4.78, 5) is 34.4. The number of nitrogens with one attached hydrogen (secondary N) is 2. The second-order valence-corrected chi connectivity index (χ2v) is 6.04. The number of carboxylic acids is 1. The lowest BCUT2D eigenvalue weighted by Gasteiger charge is -2.25. The third-order valence-corrected chi connectivity index (χ3v) is 4.05. The van der Waals surface area contributed by atoms with Crippen molar-refractivity contribution in [2.75, 3.05) is 13.2 Å². The molecule has 0 aliphatic heterocycles. The van der Waals surface area contributed by atoms with Gasteiger partial charge in [0.05, 0.1) is 6.61 Å². The Morgan fingerprint density at radius 3 is 2.52 bits per heavy atom. The van der Waals surface area contributed by atoms with E-state index >= 15 is 0 Å². The zero-order valence-corrected chi connectivity index (χ0v) is 13.8. The minimum Gasteiger partial charge on any atom is -0.480 e. The van der Waals surface area contributed by atoms with Crippen molar-refractivity contribution in [3.05, 3.63) is 0 Å². The van der Waals surface area contributed by atoms with Crippen LogP contribution in [0, 0.1) is 5.92 Å². The van der Waals surface area contributed by atoms with Crippen LogP contribution >= 0.6 is 0 Å². The standard InChI is InChI=1S/C16H28N2O5/c1-2-3-9-23-16(22)17-11-14(19)18-13(15(20)21)10-12-7-5-4-6-8-12/h12-13H,2-11H2,1H3,(H,17,22)(H,18,19)(H,20,21)/t13-/m0/s1. The fourth-order valence-electron chi connectivity index (χ4n) is 2.74. The van der Waals surface area contributed by atoms with E-state index in [4.69, 9.17) is 4.74 Å². The summed E-state index contributed by atoms with van der Waals surface area (Å²) in [5.41, 5.74) is 0. The van der Waals surface area contributed by atoms with Crippen molar-refractivity contribution in [3.8, 4) is 0 Å². The number of carbonyl (C=O) groups excluding carboxylic acids is 2. The molecule has 0 aromatic heterocycles. The Labute approximate surface area is 137 Å². The van der Waals surface area contributed by atoms with Crippen LogP contribution in [0.1, 0.15) is 58.3 Å². The first kappa shape index (κ1) is 19.3. The van der Waals surface area contributed by atoms with E-state index in [0.29, 0.717) is 18.9 Å². The van der Waals surface area contributed by atoms with Gasteiger partial charge in [-0.25, -0.2) is 9.59 Å². The van der Waals surface area contributed by atoms with Gasteiger partial charge in [-0.3, -0.25) is 4.79 Å².